The Labute approximate surface area is 156 Å². The molecule has 0 atom stereocenters. The Morgan fingerprint density at radius 1 is 1.30 bits per heavy atom. The highest BCUT2D eigenvalue weighted by atomic mass is 35.5. The summed E-state index contributed by atoms with van der Waals surface area (Å²) in [5.41, 5.74) is 0.270. The van der Waals surface area contributed by atoms with Crippen molar-refractivity contribution in [2.75, 3.05) is 6.61 Å². The van der Waals surface area contributed by atoms with Crippen molar-refractivity contribution in [3.8, 4) is 5.75 Å². The molecule has 27 heavy (non-hydrogen) atoms. The van der Waals surface area contributed by atoms with Gasteiger partial charge in [0.2, 0.25) is 5.78 Å². The third-order valence-electron chi connectivity index (χ3n) is 3.96. The van der Waals surface area contributed by atoms with Crippen molar-refractivity contribution in [1.82, 2.24) is 4.98 Å². The van der Waals surface area contributed by atoms with Crippen molar-refractivity contribution in [2.24, 2.45) is 0 Å². The Morgan fingerprint density at radius 3 is 2.63 bits per heavy atom. The number of hydrogen-bond donors (Lipinski definition) is 1. The van der Waals surface area contributed by atoms with E-state index in [1.165, 1.54) is 6.07 Å². The third kappa shape index (κ3) is 3.71. The molecule has 0 unspecified atom stereocenters. The summed E-state index contributed by atoms with van der Waals surface area (Å²) in [6.07, 6.45) is -3.59. The van der Waals surface area contributed by atoms with Gasteiger partial charge in [0, 0.05) is 29.4 Å². The first-order valence-electron chi connectivity index (χ1n) is 7.88. The summed E-state index contributed by atoms with van der Waals surface area (Å²) in [7, 11) is 0. The minimum Gasteiger partial charge on any atom is -0.462 e. The normalized spacial score (nSPS) is 14.2. The zero-order chi connectivity index (χ0) is 19.8. The van der Waals surface area contributed by atoms with Gasteiger partial charge in [0.1, 0.15) is 5.57 Å². The molecular formula is C18H13ClF3NO4. The van der Waals surface area contributed by atoms with E-state index in [1.807, 2.05) is 0 Å². The van der Waals surface area contributed by atoms with E-state index >= 15 is 0 Å². The highest BCUT2D eigenvalue weighted by molar-refractivity contribution is 6.34. The lowest BCUT2D eigenvalue weighted by atomic mass is 9.83. The van der Waals surface area contributed by atoms with E-state index in [4.69, 9.17) is 16.3 Å². The van der Waals surface area contributed by atoms with E-state index in [0.29, 0.717) is 5.69 Å². The molecule has 9 heteroatoms. The average molecular weight is 400 g/mol. The molecule has 0 bridgehead atoms. The van der Waals surface area contributed by atoms with E-state index in [-0.39, 0.29) is 40.3 Å². The minimum absolute atomic E-state index is 0.0394. The summed E-state index contributed by atoms with van der Waals surface area (Å²) in [6, 6.07) is 5.63. The van der Waals surface area contributed by atoms with Crippen LogP contribution in [0.1, 0.15) is 28.5 Å². The maximum atomic E-state index is 12.9. The number of carbonyl (C=O) groups excluding carboxylic acids is 2. The fraction of sp³-hybridized carbons (Fsp3) is 0.222. The summed E-state index contributed by atoms with van der Waals surface area (Å²) in [4.78, 5) is 28.1. The molecule has 0 saturated heterocycles. The Hall–Kier alpha value is -2.74. The van der Waals surface area contributed by atoms with Gasteiger partial charge in [-0.25, -0.2) is 4.79 Å². The quantitative estimate of drug-likeness (QED) is 0.614. The van der Waals surface area contributed by atoms with Gasteiger partial charge in [-0.1, -0.05) is 11.6 Å². The number of H-pyrrole nitrogens is 1. The molecule has 1 heterocycles. The van der Waals surface area contributed by atoms with Crippen LogP contribution in [0.3, 0.4) is 0 Å². The van der Waals surface area contributed by atoms with Gasteiger partial charge >= 0.3 is 12.3 Å². The molecule has 1 aliphatic carbocycles. The van der Waals surface area contributed by atoms with Gasteiger partial charge in [-0.15, -0.1) is 13.2 Å². The third-order valence-corrected chi connectivity index (χ3v) is 4.26. The predicted octanol–water partition coefficient (Wildman–Crippen LogP) is 4.32. The van der Waals surface area contributed by atoms with Crippen molar-refractivity contribution >= 4 is 28.9 Å². The van der Waals surface area contributed by atoms with E-state index in [2.05, 4.69) is 9.72 Å². The zero-order valence-corrected chi connectivity index (χ0v) is 14.7. The van der Waals surface area contributed by atoms with Crippen LogP contribution in [0.2, 0.25) is 5.02 Å². The van der Waals surface area contributed by atoms with Crippen LogP contribution in [0.25, 0.3) is 5.57 Å². The monoisotopic (exact) mass is 399 g/mol. The fourth-order valence-electron chi connectivity index (χ4n) is 2.92. The van der Waals surface area contributed by atoms with Crippen LogP contribution in [0, 0.1) is 0 Å². The van der Waals surface area contributed by atoms with Gasteiger partial charge in [0.05, 0.1) is 11.6 Å². The van der Waals surface area contributed by atoms with E-state index in [0.717, 1.165) is 6.07 Å². The second-order valence-corrected chi connectivity index (χ2v) is 6.02. The molecule has 1 aromatic carbocycles. The van der Waals surface area contributed by atoms with Crippen LogP contribution in [0.4, 0.5) is 13.2 Å². The van der Waals surface area contributed by atoms with Gasteiger partial charge in [-0.05, 0) is 36.8 Å². The Kier molecular flexibility index (Phi) is 5.01. The summed E-state index contributed by atoms with van der Waals surface area (Å²) in [5.74, 6) is -2.24. The van der Waals surface area contributed by atoms with Gasteiger partial charge in [0.25, 0.3) is 0 Å². The second kappa shape index (κ2) is 7.11. The molecule has 1 aromatic heterocycles. The molecule has 1 aliphatic rings. The number of halogens is 4. The molecule has 0 spiro atoms. The molecule has 0 radical (unpaired) electrons. The Balaban J connectivity index is 2.20. The lowest BCUT2D eigenvalue weighted by molar-refractivity contribution is -0.274. The van der Waals surface area contributed by atoms with E-state index < -0.39 is 23.9 Å². The molecule has 2 aromatic rings. The molecule has 0 fully saturated rings. The topological polar surface area (TPSA) is 68.4 Å². The number of rotatable bonds is 4. The van der Waals surface area contributed by atoms with Crippen molar-refractivity contribution in [3.05, 3.63) is 57.9 Å². The zero-order valence-electron chi connectivity index (χ0n) is 13.9. The maximum absolute atomic E-state index is 12.9. The summed E-state index contributed by atoms with van der Waals surface area (Å²) in [6.45, 7) is 1.63. The first-order valence-corrected chi connectivity index (χ1v) is 8.26. The lowest BCUT2D eigenvalue weighted by Gasteiger charge is -2.24. The number of allylic oxidation sites excluding steroid dienone is 1. The van der Waals surface area contributed by atoms with Crippen LogP contribution in [-0.4, -0.2) is 29.7 Å². The number of carbonyl (C=O) groups is 2. The number of esters is 1. The number of aromatic nitrogens is 1. The van der Waals surface area contributed by atoms with Gasteiger partial charge in [-0.3, -0.25) is 4.79 Å². The first-order chi connectivity index (χ1) is 12.7. The highest BCUT2D eigenvalue weighted by Crippen LogP contribution is 2.42. The number of alkyl halides is 3. The fourth-order valence-corrected chi connectivity index (χ4v) is 3.13. The molecular weight excluding hydrogens is 387 g/mol. The molecule has 3 rings (SSSR count). The van der Waals surface area contributed by atoms with Gasteiger partial charge in [0.15, 0.2) is 5.75 Å². The molecule has 0 amide bonds. The molecule has 5 nitrogen and oxygen atoms in total. The van der Waals surface area contributed by atoms with Crippen LogP contribution in [0.5, 0.6) is 5.75 Å². The number of ketones is 1. The minimum atomic E-state index is -4.99. The van der Waals surface area contributed by atoms with Crippen LogP contribution in [-0.2, 0) is 16.0 Å². The van der Waals surface area contributed by atoms with Crippen molar-refractivity contribution in [3.63, 3.8) is 0 Å². The SMILES string of the molecule is CCOC(=O)C1=C(c2ccc[nH]2)Cc2c(ccc(Cl)c2OC(F)(F)F)C1=O. The molecule has 142 valence electrons. The van der Waals surface area contributed by atoms with Crippen molar-refractivity contribution in [2.45, 2.75) is 19.7 Å². The highest BCUT2D eigenvalue weighted by Gasteiger charge is 2.38. The number of ether oxygens (including phenoxy) is 2. The maximum Gasteiger partial charge on any atom is 0.573 e. The van der Waals surface area contributed by atoms with Crippen LogP contribution >= 0.6 is 11.6 Å². The number of nitrogens with one attached hydrogen (secondary N) is 1. The van der Waals surface area contributed by atoms with Gasteiger partial charge < -0.3 is 14.5 Å². The van der Waals surface area contributed by atoms with Crippen molar-refractivity contribution < 1.29 is 32.2 Å². The molecule has 0 aliphatic heterocycles. The number of aromatic amines is 1. The largest absolute Gasteiger partial charge is 0.573 e. The Bertz CT molecular complexity index is 933. The predicted molar refractivity (Wildman–Crippen MR) is 90.5 cm³/mol. The number of benzene rings is 1. The second-order valence-electron chi connectivity index (χ2n) is 5.61. The van der Waals surface area contributed by atoms with E-state index in [1.54, 1.807) is 25.3 Å². The van der Waals surface area contributed by atoms with Crippen molar-refractivity contribution in [1.29, 1.82) is 0 Å². The van der Waals surface area contributed by atoms with E-state index in [9.17, 15) is 22.8 Å². The smallest absolute Gasteiger partial charge is 0.462 e. The Morgan fingerprint density at radius 2 is 2.04 bits per heavy atom. The average Bonchev–Trinajstić information content (AvgIpc) is 3.10. The summed E-state index contributed by atoms with van der Waals surface area (Å²) in [5, 5.41) is -0.288. The molecule has 1 N–H and O–H groups in total. The first kappa shape index (κ1) is 19.0. The standard InChI is InChI=1S/C18H13ClF3NO4/c1-2-26-17(25)14-11(13-4-3-7-23-13)8-10-9(15(14)24)5-6-12(19)16(10)27-18(20,21)22/h3-7,23H,2,8H2,1H3. The van der Waals surface area contributed by atoms with Crippen LogP contribution in [0.15, 0.2) is 36.0 Å². The summed E-state index contributed by atoms with van der Waals surface area (Å²) < 4.78 is 47.4. The number of fused-ring (bicyclic) bond motifs is 1. The molecule has 0 saturated carbocycles. The number of Topliss-reactive ketones (excluding diaryl/α,β-unsaturated/α-hetero) is 1. The van der Waals surface area contributed by atoms with Gasteiger partial charge in [-0.2, -0.15) is 0 Å². The summed E-state index contributed by atoms with van der Waals surface area (Å²) >= 11 is 5.88. The number of hydrogen-bond acceptors (Lipinski definition) is 4. The lowest BCUT2D eigenvalue weighted by Crippen LogP contribution is -2.26. The van der Waals surface area contributed by atoms with Crippen LogP contribution < -0.4 is 4.74 Å².